The van der Waals surface area contributed by atoms with Crippen molar-refractivity contribution in [2.24, 2.45) is 5.73 Å². The van der Waals surface area contributed by atoms with Crippen LogP contribution in [-0.4, -0.2) is 5.91 Å². The molecule has 2 aromatic carbocycles. The molecule has 0 aliphatic carbocycles. The summed E-state index contributed by atoms with van der Waals surface area (Å²) in [7, 11) is 0. The first-order chi connectivity index (χ1) is 9.71. The predicted octanol–water partition coefficient (Wildman–Crippen LogP) is 3.36. The monoisotopic (exact) mass is 294 g/mol. The highest BCUT2D eigenvalue weighted by Crippen LogP contribution is 2.38. The predicted molar refractivity (Wildman–Crippen MR) is 74.5 cm³/mol. The summed E-state index contributed by atoms with van der Waals surface area (Å²) in [5, 5.41) is 0. The number of benzene rings is 2. The van der Waals surface area contributed by atoms with Crippen molar-refractivity contribution in [2.45, 2.75) is 13.1 Å². The van der Waals surface area contributed by atoms with Gasteiger partial charge in [-0.1, -0.05) is 18.2 Å². The van der Waals surface area contributed by atoms with Crippen LogP contribution < -0.4 is 11.5 Å². The zero-order valence-electron chi connectivity index (χ0n) is 11.2. The molecule has 0 fully saturated rings. The molecule has 6 heteroatoms. The van der Waals surface area contributed by atoms with Gasteiger partial charge in [-0.25, -0.2) is 0 Å². The molecule has 2 rings (SSSR count). The normalized spacial score (nSPS) is 11.4. The van der Waals surface area contributed by atoms with Crippen LogP contribution in [0.1, 0.15) is 21.5 Å². The Hall–Kier alpha value is -2.50. The maximum absolute atomic E-state index is 13.1. The summed E-state index contributed by atoms with van der Waals surface area (Å²) in [6.07, 6.45) is -4.50. The molecule has 0 aromatic heterocycles. The van der Waals surface area contributed by atoms with Crippen LogP contribution in [0.2, 0.25) is 0 Å². The second-order valence-corrected chi connectivity index (χ2v) is 4.65. The highest BCUT2D eigenvalue weighted by molar-refractivity contribution is 5.97. The van der Waals surface area contributed by atoms with E-state index in [1.807, 2.05) is 0 Å². The lowest BCUT2D eigenvalue weighted by Gasteiger charge is -2.15. The molecule has 0 saturated heterocycles. The van der Waals surface area contributed by atoms with E-state index >= 15 is 0 Å². The molecule has 2 aromatic rings. The Labute approximate surface area is 119 Å². The lowest BCUT2D eigenvalue weighted by Crippen LogP contribution is -2.14. The van der Waals surface area contributed by atoms with E-state index in [9.17, 15) is 18.0 Å². The second kappa shape index (κ2) is 5.12. The molecule has 4 N–H and O–H groups in total. The SMILES string of the molecule is Cc1c(N)cc(-c2ccccc2C(F)(F)F)cc1C(N)=O. The van der Waals surface area contributed by atoms with Crippen molar-refractivity contribution in [3.8, 4) is 11.1 Å². The first-order valence-electron chi connectivity index (χ1n) is 6.08. The Kier molecular flexibility index (Phi) is 3.63. The van der Waals surface area contributed by atoms with Gasteiger partial charge in [0, 0.05) is 11.3 Å². The largest absolute Gasteiger partial charge is 0.417 e. The molecule has 0 saturated carbocycles. The number of anilines is 1. The lowest BCUT2D eigenvalue weighted by atomic mass is 9.94. The molecular weight excluding hydrogens is 281 g/mol. The van der Waals surface area contributed by atoms with Crippen LogP contribution in [0.25, 0.3) is 11.1 Å². The van der Waals surface area contributed by atoms with E-state index in [0.717, 1.165) is 6.07 Å². The highest BCUT2D eigenvalue weighted by Gasteiger charge is 2.33. The van der Waals surface area contributed by atoms with E-state index in [0.29, 0.717) is 5.56 Å². The first-order valence-corrected chi connectivity index (χ1v) is 6.08. The summed E-state index contributed by atoms with van der Waals surface area (Å²) in [5.41, 5.74) is 11.2. The van der Waals surface area contributed by atoms with Crippen LogP contribution in [0, 0.1) is 6.92 Å². The third kappa shape index (κ3) is 2.84. The van der Waals surface area contributed by atoms with Gasteiger partial charge in [0.2, 0.25) is 5.91 Å². The quantitative estimate of drug-likeness (QED) is 0.834. The van der Waals surface area contributed by atoms with Gasteiger partial charge in [-0.05, 0) is 41.8 Å². The number of nitrogens with two attached hydrogens (primary N) is 2. The van der Waals surface area contributed by atoms with Gasteiger partial charge in [0.05, 0.1) is 5.56 Å². The number of carbonyl (C=O) groups is 1. The number of amides is 1. The van der Waals surface area contributed by atoms with E-state index < -0.39 is 17.6 Å². The van der Waals surface area contributed by atoms with E-state index in [1.54, 1.807) is 6.92 Å². The highest BCUT2D eigenvalue weighted by atomic mass is 19.4. The number of hydrogen-bond acceptors (Lipinski definition) is 2. The van der Waals surface area contributed by atoms with Gasteiger partial charge in [0.15, 0.2) is 0 Å². The van der Waals surface area contributed by atoms with Gasteiger partial charge >= 0.3 is 6.18 Å². The maximum atomic E-state index is 13.1. The van der Waals surface area contributed by atoms with Crippen LogP contribution in [0.4, 0.5) is 18.9 Å². The smallest absolute Gasteiger partial charge is 0.398 e. The Bertz CT molecular complexity index is 709. The van der Waals surface area contributed by atoms with Crippen LogP contribution in [0.15, 0.2) is 36.4 Å². The Morgan fingerprint density at radius 2 is 1.76 bits per heavy atom. The summed E-state index contributed by atoms with van der Waals surface area (Å²) in [5.74, 6) is -0.731. The van der Waals surface area contributed by atoms with E-state index in [-0.39, 0.29) is 22.4 Å². The van der Waals surface area contributed by atoms with Gasteiger partial charge in [0.25, 0.3) is 0 Å². The van der Waals surface area contributed by atoms with Crippen LogP contribution in [-0.2, 0) is 6.18 Å². The van der Waals surface area contributed by atoms with Crippen molar-refractivity contribution in [1.82, 2.24) is 0 Å². The van der Waals surface area contributed by atoms with E-state index in [4.69, 9.17) is 11.5 Å². The van der Waals surface area contributed by atoms with Gasteiger partial charge in [-0.3, -0.25) is 4.79 Å². The molecule has 0 heterocycles. The molecule has 3 nitrogen and oxygen atoms in total. The lowest BCUT2D eigenvalue weighted by molar-refractivity contribution is -0.137. The zero-order chi connectivity index (χ0) is 15.8. The fourth-order valence-corrected chi connectivity index (χ4v) is 2.13. The van der Waals surface area contributed by atoms with Gasteiger partial charge in [0.1, 0.15) is 0 Å². The van der Waals surface area contributed by atoms with Crippen molar-refractivity contribution in [2.75, 3.05) is 5.73 Å². The summed E-state index contributed by atoms with van der Waals surface area (Å²) < 4.78 is 39.2. The minimum absolute atomic E-state index is 0.0424. The van der Waals surface area contributed by atoms with E-state index in [2.05, 4.69) is 0 Å². The molecule has 0 bridgehead atoms. The molecule has 0 aliphatic rings. The molecule has 21 heavy (non-hydrogen) atoms. The van der Waals surface area contributed by atoms with E-state index in [1.165, 1.54) is 30.3 Å². The zero-order valence-corrected chi connectivity index (χ0v) is 11.2. The molecule has 0 atom stereocenters. The summed E-state index contributed by atoms with van der Waals surface area (Å²) in [4.78, 5) is 11.4. The Morgan fingerprint density at radius 1 is 1.14 bits per heavy atom. The third-order valence-electron chi connectivity index (χ3n) is 3.26. The molecule has 0 radical (unpaired) electrons. The number of carbonyl (C=O) groups excluding carboxylic acids is 1. The summed E-state index contributed by atoms with van der Waals surface area (Å²) in [6, 6.07) is 7.85. The van der Waals surface area contributed by atoms with Crippen LogP contribution in [0.5, 0.6) is 0 Å². The fraction of sp³-hybridized carbons (Fsp3) is 0.133. The molecule has 0 aliphatic heterocycles. The Morgan fingerprint density at radius 3 is 2.33 bits per heavy atom. The maximum Gasteiger partial charge on any atom is 0.417 e. The van der Waals surface area contributed by atoms with Crippen LogP contribution in [0.3, 0.4) is 0 Å². The first kappa shape index (κ1) is 14.9. The number of nitrogen functional groups attached to an aromatic ring is 1. The number of primary amides is 1. The van der Waals surface area contributed by atoms with Crippen molar-refractivity contribution < 1.29 is 18.0 Å². The van der Waals surface area contributed by atoms with Gasteiger partial charge in [-0.2, -0.15) is 13.2 Å². The standard InChI is InChI=1S/C15H13F3N2O/c1-8-11(14(20)21)6-9(7-13(8)19)10-4-2-3-5-12(10)15(16,17)18/h2-7H,19H2,1H3,(H2,20,21). The molecule has 1 amide bonds. The van der Waals surface area contributed by atoms with Gasteiger partial charge < -0.3 is 11.5 Å². The topological polar surface area (TPSA) is 69.1 Å². The minimum atomic E-state index is -4.50. The van der Waals surface area contributed by atoms with Crippen molar-refractivity contribution in [3.63, 3.8) is 0 Å². The molecule has 0 unspecified atom stereocenters. The minimum Gasteiger partial charge on any atom is -0.398 e. The second-order valence-electron chi connectivity index (χ2n) is 4.65. The fourth-order valence-electron chi connectivity index (χ4n) is 2.13. The number of hydrogen-bond donors (Lipinski definition) is 2. The molecular formula is C15H13F3N2O. The molecule has 110 valence electrons. The average Bonchev–Trinajstić information content (AvgIpc) is 2.40. The van der Waals surface area contributed by atoms with Crippen molar-refractivity contribution in [1.29, 1.82) is 0 Å². The number of rotatable bonds is 2. The van der Waals surface area contributed by atoms with Crippen molar-refractivity contribution >= 4 is 11.6 Å². The average molecular weight is 294 g/mol. The van der Waals surface area contributed by atoms with Gasteiger partial charge in [-0.15, -0.1) is 0 Å². The molecule has 0 spiro atoms. The third-order valence-corrected chi connectivity index (χ3v) is 3.26. The van der Waals surface area contributed by atoms with Crippen molar-refractivity contribution in [3.05, 3.63) is 53.1 Å². The van der Waals surface area contributed by atoms with Crippen LogP contribution >= 0.6 is 0 Å². The summed E-state index contributed by atoms with van der Waals surface area (Å²) in [6.45, 7) is 1.59. The summed E-state index contributed by atoms with van der Waals surface area (Å²) >= 11 is 0. The Balaban J connectivity index is 2.72. The number of halogens is 3. The number of alkyl halides is 3.